The van der Waals surface area contributed by atoms with E-state index in [1.165, 1.54) is 17.9 Å². The Morgan fingerprint density at radius 1 is 1.00 bits per heavy atom. The number of nitrogens with zero attached hydrogens (tertiary/aromatic N) is 7. The summed E-state index contributed by atoms with van der Waals surface area (Å²) in [5.74, 6) is -3.32. The highest BCUT2D eigenvalue weighted by molar-refractivity contribution is 7.90. The predicted octanol–water partition coefficient (Wildman–Crippen LogP) is 6.07. The van der Waals surface area contributed by atoms with Gasteiger partial charge >= 0.3 is 6.09 Å². The van der Waals surface area contributed by atoms with E-state index in [0.29, 0.717) is 113 Å². The second-order valence-electron chi connectivity index (χ2n) is 26.2. The first-order valence-electron chi connectivity index (χ1n) is 32.3. The lowest BCUT2D eigenvalue weighted by Crippen LogP contribution is -2.45. The standard InChI is InChI=1S/C67H84FN11O14S/c1-9-67(88)41(7)92-34-51-52(67)27-56-61-50(32-78(56)65(51)86)60-54(21-20-48-39(5)53(68)28-55(73-61)59(48)60)72-57(81)35-91-36-76(23-24-94(8,89)90)66(87)93-33-43-14-18-45(19-15-43)71-62(83)40(6)70-63(84)49(37(2)3)26-47(80)11-10-22-77-31-46(74-75-77)29-69-44-16-12-42(13-17-44)30-79-58(82)25-38(4)64(79)85/h14-15,18-19,27-28,31,37-38,40,42,44,49,54,69,88H,7,9-13,16-17,20-26,29-30,32-36H2,1-6,8H3,(H,70,84)(H,71,83)(H,72,81)/t38?,40-,42?,44?,49-,54-,67+/m0/s1. The van der Waals surface area contributed by atoms with E-state index in [0.717, 1.165) is 48.1 Å². The number of aryl methyl sites for hydroxylation is 2. The van der Waals surface area contributed by atoms with E-state index in [2.05, 4.69) is 38.2 Å². The molecule has 2 fully saturated rings. The third-order valence-electron chi connectivity index (χ3n) is 19.0. The Hall–Kier alpha value is -8.27. The zero-order valence-electron chi connectivity index (χ0n) is 54.3. The lowest BCUT2D eigenvalue weighted by atomic mass is 9.81. The number of nitrogens with one attached hydrogen (secondary N) is 4. The average molecular weight is 1320 g/mol. The van der Waals surface area contributed by atoms with Crippen LogP contribution in [0.3, 0.4) is 0 Å². The molecule has 3 aliphatic heterocycles. The van der Waals surface area contributed by atoms with E-state index in [4.69, 9.17) is 19.2 Å². The summed E-state index contributed by atoms with van der Waals surface area (Å²) in [6, 6.07) is 8.09. The fraction of sp³-hybridized carbons (Fsp3) is 0.537. The Morgan fingerprint density at radius 3 is 2.44 bits per heavy atom. The van der Waals surface area contributed by atoms with Gasteiger partial charge in [0, 0.05) is 104 Å². The summed E-state index contributed by atoms with van der Waals surface area (Å²) >= 11 is 0. The molecular weight excluding hydrogens is 1230 g/mol. The minimum absolute atomic E-state index is 0.00490. The fourth-order valence-electron chi connectivity index (χ4n) is 13.4. The highest BCUT2D eigenvalue weighted by atomic mass is 32.2. The Morgan fingerprint density at radius 2 is 1.74 bits per heavy atom. The number of halogens is 1. The van der Waals surface area contributed by atoms with Crippen LogP contribution in [0, 0.1) is 36.4 Å². The van der Waals surface area contributed by atoms with Gasteiger partial charge in [-0.25, -0.2) is 22.6 Å². The van der Waals surface area contributed by atoms with E-state index in [-0.39, 0.29) is 91.9 Å². The fourth-order valence-corrected chi connectivity index (χ4v) is 13.9. The van der Waals surface area contributed by atoms with Crippen LogP contribution < -0.4 is 26.8 Å². The molecule has 27 heteroatoms. The lowest BCUT2D eigenvalue weighted by Gasteiger charge is -2.35. The molecular formula is C67H84FN11O14S. The number of ketones is 1. The molecule has 2 aromatic carbocycles. The number of ether oxygens (including phenoxy) is 3. The van der Waals surface area contributed by atoms with Crippen molar-refractivity contribution in [2.24, 2.45) is 23.7 Å². The number of rotatable bonds is 27. The van der Waals surface area contributed by atoms with Crippen molar-refractivity contribution in [3.63, 3.8) is 0 Å². The number of hydrogen-bond donors (Lipinski definition) is 5. The highest BCUT2D eigenvalue weighted by Gasteiger charge is 2.43. The maximum Gasteiger partial charge on any atom is 0.411 e. The zero-order chi connectivity index (χ0) is 67.5. The predicted molar refractivity (Wildman–Crippen MR) is 343 cm³/mol. The van der Waals surface area contributed by atoms with Gasteiger partial charge in [0.05, 0.1) is 46.5 Å². The summed E-state index contributed by atoms with van der Waals surface area (Å²) in [7, 11) is -3.58. The SMILES string of the molecule is C=C1OCc2c(cc3n(c2=O)Cc2c-3nc3cc(F)c(C)c4c3c2[C@@H](NC(=O)COCN(CCS(C)(=O)=O)C(=O)OCc2ccc(NC(=O)[C@H](C)NC(=O)[C@@H](CC(=O)CCCn3cc(CNC5CCC(CN6C(=O)CC(C)C6=O)CC5)nn3)C(C)C)cc2)CC4)[C@@]1(O)CC. The molecule has 1 saturated carbocycles. The normalized spacial score (nSPS) is 20.5. The number of aliphatic hydroxyl groups is 1. The molecule has 2 aliphatic carbocycles. The van der Waals surface area contributed by atoms with Crippen LogP contribution in [0.4, 0.5) is 14.9 Å². The molecule has 6 heterocycles. The van der Waals surface area contributed by atoms with Gasteiger partial charge in [-0.2, -0.15) is 0 Å². The molecule has 5 aliphatic rings. The Balaban J connectivity index is 0.666. The monoisotopic (exact) mass is 1320 g/mol. The van der Waals surface area contributed by atoms with Gasteiger partial charge in [-0.3, -0.25) is 48.0 Å². The van der Waals surface area contributed by atoms with Gasteiger partial charge in [-0.1, -0.05) is 51.6 Å². The van der Waals surface area contributed by atoms with Crippen molar-refractivity contribution >= 4 is 67.8 Å². The highest BCUT2D eigenvalue weighted by Crippen LogP contribution is 2.47. The number of aromatic nitrogens is 5. The van der Waals surface area contributed by atoms with Crippen molar-refractivity contribution in [2.45, 2.75) is 169 Å². The van der Waals surface area contributed by atoms with E-state index in [1.54, 1.807) is 60.4 Å². The van der Waals surface area contributed by atoms with Crippen LogP contribution in [0.5, 0.6) is 0 Å². The number of carbonyl (C=O) groups is 7. The second-order valence-corrected chi connectivity index (χ2v) is 28.4. The summed E-state index contributed by atoms with van der Waals surface area (Å²) in [5.41, 5.74) is 3.97. The van der Waals surface area contributed by atoms with Gasteiger partial charge < -0.3 is 45.2 Å². The van der Waals surface area contributed by atoms with E-state index >= 15 is 4.39 Å². The number of anilines is 1. The van der Waals surface area contributed by atoms with Crippen molar-refractivity contribution in [1.29, 1.82) is 0 Å². The molecule has 1 saturated heterocycles. The zero-order valence-corrected chi connectivity index (χ0v) is 55.1. The molecule has 6 amide bonds. The van der Waals surface area contributed by atoms with Crippen LogP contribution in [-0.4, -0.2) is 140 Å². The second kappa shape index (κ2) is 28.8. The number of amides is 6. The first-order valence-corrected chi connectivity index (χ1v) is 34.4. The van der Waals surface area contributed by atoms with Crippen LogP contribution in [0.1, 0.15) is 150 Å². The van der Waals surface area contributed by atoms with Crippen LogP contribution in [0.25, 0.3) is 22.3 Å². The largest absolute Gasteiger partial charge is 0.490 e. The smallest absolute Gasteiger partial charge is 0.411 e. The summed E-state index contributed by atoms with van der Waals surface area (Å²) in [6.07, 6.45) is 7.62. The van der Waals surface area contributed by atoms with E-state index in [9.17, 15) is 51.9 Å². The number of fused-ring (bicyclic) bond motifs is 5. The minimum atomic E-state index is -3.58. The third-order valence-corrected chi connectivity index (χ3v) is 20.0. The van der Waals surface area contributed by atoms with Crippen LogP contribution in [0.2, 0.25) is 0 Å². The molecule has 1 unspecified atom stereocenters. The number of carbonyl (C=O) groups excluding carboxylic acids is 7. The van der Waals surface area contributed by atoms with Crippen LogP contribution in [-0.2, 0) is 97.7 Å². The minimum Gasteiger partial charge on any atom is -0.490 e. The molecule has 504 valence electrons. The van der Waals surface area contributed by atoms with Crippen LogP contribution >= 0.6 is 0 Å². The molecule has 0 bridgehead atoms. The Kier molecular flexibility index (Phi) is 21.0. The topological polar surface area (TPSA) is 322 Å². The average Bonchev–Trinajstić information content (AvgIpc) is 1.47. The molecule has 5 N–H and O–H groups in total. The first-order chi connectivity index (χ1) is 44.7. The van der Waals surface area contributed by atoms with E-state index in [1.807, 2.05) is 20.0 Å². The molecule has 3 aromatic heterocycles. The number of pyridine rings is 2. The quantitative estimate of drug-likeness (QED) is 0.0289. The van der Waals surface area contributed by atoms with E-state index < -0.39 is 82.2 Å². The van der Waals surface area contributed by atoms with Crippen LogP contribution in [0.15, 0.2) is 59.7 Å². The summed E-state index contributed by atoms with van der Waals surface area (Å²) in [4.78, 5) is 114. The summed E-state index contributed by atoms with van der Waals surface area (Å²) in [6.45, 7) is 14.2. The molecule has 0 spiro atoms. The molecule has 5 atom stereocenters. The lowest BCUT2D eigenvalue weighted by molar-refractivity contribution is -0.140. The van der Waals surface area contributed by atoms with Gasteiger partial charge in [0.25, 0.3) is 5.56 Å². The number of hydrogen-bond acceptors (Lipinski definition) is 18. The van der Waals surface area contributed by atoms with Gasteiger partial charge in [-0.05, 0) is 118 Å². The first kappa shape index (κ1) is 68.6. The third kappa shape index (κ3) is 15.3. The summed E-state index contributed by atoms with van der Waals surface area (Å²) < 4.78 is 60.3. The number of benzene rings is 2. The number of sulfone groups is 1. The van der Waals surface area contributed by atoms with Gasteiger partial charge in [-0.15, -0.1) is 5.10 Å². The maximum absolute atomic E-state index is 15.5. The van der Waals surface area contributed by atoms with Crippen molar-refractivity contribution in [3.05, 3.63) is 116 Å². The summed E-state index contributed by atoms with van der Waals surface area (Å²) in [5, 5.41) is 33.0. The van der Waals surface area contributed by atoms with Gasteiger partial charge in [0.2, 0.25) is 29.5 Å². The molecule has 94 heavy (non-hydrogen) atoms. The number of likely N-dealkylation sites (tertiary alicyclic amines) is 1. The number of imide groups is 1. The van der Waals surface area contributed by atoms with Crippen molar-refractivity contribution in [3.8, 4) is 11.4 Å². The van der Waals surface area contributed by atoms with Crippen molar-refractivity contribution < 1.29 is 65.7 Å². The molecule has 5 aromatic rings. The Labute approximate surface area is 544 Å². The van der Waals surface area contributed by atoms with Gasteiger partial charge in [0.15, 0.2) is 0 Å². The van der Waals surface area contributed by atoms with Gasteiger partial charge in [0.1, 0.15) is 65.4 Å². The van der Waals surface area contributed by atoms with Crippen molar-refractivity contribution in [2.75, 3.05) is 43.8 Å². The number of Topliss-reactive ketones (excluding diaryl/α,β-unsaturated/α-hetero) is 1. The molecule has 25 nitrogen and oxygen atoms in total. The maximum atomic E-state index is 15.5. The van der Waals surface area contributed by atoms with Crippen molar-refractivity contribution in [1.82, 2.24) is 50.3 Å². The Bertz CT molecular complexity index is 3980. The molecule has 0 radical (unpaired) electrons. The molecule has 10 rings (SSSR count).